The molecule has 1 unspecified atom stereocenters. The molecule has 0 heterocycles. The van der Waals surface area contributed by atoms with Gasteiger partial charge in [0.25, 0.3) is 0 Å². The summed E-state index contributed by atoms with van der Waals surface area (Å²) in [6.45, 7) is 3.42. The molecule has 9 nitrogen and oxygen atoms in total. The minimum absolute atomic E-state index is 0.0966. The quantitative estimate of drug-likeness (QED) is 0.0194. The maximum atomic E-state index is 12.4. The predicted molar refractivity (Wildman–Crippen MR) is 208 cm³/mol. The van der Waals surface area contributed by atoms with Crippen LogP contribution in [-0.4, -0.2) is 52.3 Å². The number of allylic oxidation sites excluding steroid dienone is 10. The van der Waals surface area contributed by atoms with Crippen LogP contribution in [0.15, 0.2) is 72.9 Å². The van der Waals surface area contributed by atoms with E-state index in [0.717, 1.165) is 44.9 Å². The molecule has 0 spiro atoms. The molecule has 0 aromatic carbocycles. The number of ether oxygens (including phenoxy) is 2. The molecule has 3 N–H and O–H groups in total. The Kier molecular flexibility index (Phi) is 34.0. The summed E-state index contributed by atoms with van der Waals surface area (Å²) in [7, 11) is -4.79. The van der Waals surface area contributed by atoms with E-state index in [-0.39, 0.29) is 19.4 Å². The molecule has 0 aromatic rings. The van der Waals surface area contributed by atoms with E-state index >= 15 is 0 Å². The molecule has 0 aliphatic carbocycles. The van der Waals surface area contributed by atoms with Crippen LogP contribution >= 0.6 is 7.82 Å². The standard InChI is InChI=1S/C41H69O9P/c1-3-5-7-9-11-12-13-14-15-16-17-18-22-26-30-34-40(43)48-36-39(37-49-51(45,46)47)50-41(44)35-31-27-23-20-19-21-25-29-33-38(42)32-28-24-10-8-6-4-2/h6,8,14-15,20-21,23-25,28-29,33,38-39,42H,3-5,7,9-13,16-19,22,26-27,30-32,34-37H2,1-2H3,(H2,45,46,47)/b8-6-,15-14-,23-20-,25-21-,28-24-,33-29+/t38?,39-/m1/s1. The van der Waals surface area contributed by atoms with Crippen LogP contribution in [0, 0.1) is 0 Å². The van der Waals surface area contributed by atoms with Crippen molar-refractivity contribution in [3.63, 3.8) is 0 Å². The van der Waals surface area contributed by atoms with Gasteiger partial charge in [-0.2, -0.15) is 0 Å². The van der Waals surface area contributed by atoms with Gasteiger partial charge < -0.3 is 24.4 Å². The first-order chi connectivity index (χ1) is 24.7. The second kappa shape index (κ2) is 35.8. The number of phosphoric ester groups is 1. The van der Waals surface area contributed by atoms with E-state index in [0.29, 0.717) is 32.1 Å². The number of hydrogen-bond donors (Lipinski definition) is 3. The SMILES string of the molecule is CC/C=C\C/C=C\CC(O)/C=C/C=C\C/C=C\CCCC(=O)O[C@H](COC(=O)CCCCCCC/C=C\CCCCCCCC)COP(=O)(O)O. The van der Waals surface area contributed by atoms with Crippen LogP contribution in [0.5, 0.6) is 0 Å². The number of phosphoric acid groups is 1. The third kappa shape index (κ3) is 38.5. The van der Waals surface area contributed by atoms with Gasteiger partial charge in [-0.05, 0) is 70.6 Å². The molecule has 51 heavy (non-hydrogen) atoms. The minimum Gasteiger partial charge on any atom is -0.462 e. The van der Waals surface area contributed by atoms with Gasteiger partial charge in [0.05, 0.1) is 12.7 Å². The number of rotatable bonds is 34. The zero-order valence-corrected chi connectivity index (χ0v) is 32.5. The van der Waals surface area contributed by atoms with Crippen molar-refractivity contribution in [3.8, 4) is 0 Å². The minimum atomic E-state index is -4.79. The normalized spacial score (nSPS) is 13.9. The molecule has 0 rings (SSSR count). The maximum absolute atomic E-state index is 12.4. The van der Waals surface area contributed by atoms with Crippen LogP contribution in [0.4, 0.5) is 0 Å². The smallest absolute Gasteiger partial charge is 0.462 e. The summed E-state index contributed by atoms with van der Waals surface area (Å²) in [5.41, 5.74) is 0. The summed E-state index contributed by atoms with van der Waals surface area (Å²) in [6, 6.07) is 0. The number of aliphatic hydroxyl groups excluding tert-OH is 1. The zero-order chi connectivity index (χ0) is 37.7. The Bertz CT molecular complexity index is 1070. The van der Waals surface area contributed by atoms with Crippen molar-refractivity contribution in [2.75, 3.05) is 13.2 Å². The highest BCUT2D eigenvalue weighted by molar-refractivity contribution is 7.46. The Balaban J connectivity index is 4.16. The number of unbranched alkanes of at least 4 members (excludes halogenated alkanes) is 12. The summed E-state index contributed by atoms with van der Waals surface area (Å²) < 4.78 is 26.2. The van der Waals surface area contributed by atoms with Crippen LogP contribution in [0.25, 0.3) is 0 Å². The summed E-state index contributed by atoms with van der Waals surface area (Å²) in [5.74, 6) is -1.01. The van der Waals surface area contributed by atoms with Gasteiger partial charge in [-0.15, -0.1) is 0 Å². The van der Waals surface area contributed by atoms with E-state index in [2.05, 4.69) is 42.7 Å². The van der Waals surface area contributed by atoms with Gasteiger partial charge in [0.1, 0.15) is 6.61 Å². The average Bonchev–Trinajstić information content (AvgIpc) is 3.09. The fraction of sp³-hybridized carbons (Fsp3) is 0.659. The first-order valence-corrected chi connectivity index (χ1v) is 20.9. The van der Waals surface area contributed by atoms with Gasteiger partial charge in [0.15, 0.2) is 6.10 Å². The number of hydrogen-bond acceptors (Lipinski definition) is 7. The molecule has 0 aliphatic rings. The third-order valence-electron chi connectivity index (χ3n) is 7.79. The Morgan fingerprint density at radius 2 is 1.20 bits per heavy atom. The van der Waals surface area contributed by atoms with Gasteiger partial charge in [0, 0.05) is 12.8 Å². The Morgan fingerprint density at radius 1 is 0.627 bits per heavy atom. The van der Waals surface area contributed by atoms with Crippen molar-refractivity contribution >= 4 is 19.8 Å². The predicted octanol–water partition coefficient (Wildman–Crippen LogP) is 10.5. The van der Waals surface area contributed by atoms with Crippen molar-refractivity contribution < 1.29 is 43.0 Å². The number of carbonyl (C=O) groups is 2. The highest BCUT2D eigenvalue weighted by Crippen LogP contribution is 2.36. The lowest BCUT2D eigenvalue weighted by Crippen LogP contribution is -2.29. The molecule has 0 saturated heterocycles. The number of esters is 2. The fourth-order valence-electron chi connectivity index (χ4n) is 4.90. The highest BCUT2D eigenvalue weighted by atomic mass is 31.2. The van der Waals surface area contributed by atoms with Crippen LogP contribution < -0.4 is 0 Å². The molecule has 0 amide bonds. The summed E-state index contributed by atoms with van der Waals surface area (Å²) in [6.07, 6.45) is 42.3. The van der Waals surface area contributed by atoms with E-state index in [1.54, 1.807) is 6.08 Å². The van der Waals surface area contributed by atoms with Crippen molar-refractivity contribution in [1.82, 2.24) is 0 Å². The van der Waals surface area contributed by atoms with Crippen LogP contribution in [0.1, 0.15) is 149 Å². The van der Waals surface area contributed by atoms with Gasteiger partial charge in [0.2, 0.25) is 0 Å². The summed E-state index contributed by atoms with van der Waals surface area (Å²) in [5, 5.41) is 9.97. The molecule has 0 fully saturated rings. The lowest BCUT2D eigenvalue weighted by atomic mass is 10.1. The van der Waals surface area contributed by atoms with Gasteiger partial charge >= 0.3 is 19.8 Å². The van der Waals surface area contributed by atoms with E-state index in [9.17, 15) is 19.3 Å². The van der Waals surface area contributed by atoms with E-state index in [1.807, 2.05) is 42.5 Å². The molecular formula is C41H69O9P. The zero-order valence-electron chi connectivity index (χ0n) is 31.6. The van der Waals surface area contributed by atoms with E-state index in [1.165, 1.54) is 44.9 Å². The fourth-order valence-corrected chi connectivity index (χ4v) is 5.26. The lowest BCUT2D eigenvalue weighted by Gasteiger charge is -2.18. The topological polar surface area (TPSA) is 140 Å². The Labute approximate surface area is 309 Å². The van der Waals surface area contributed by atoms with Crippen LogP contribution in [0.2, 0.25) is 0 Å². The highest BCUT2D eigenvalue weighted by Gasteiger charge is 2.22. The first-order valence-electron chi connectivity index (χ1n) is 19.3. The average molecular weight is 737 g/mol. The van der Waals surface area contributed by atoms with Crippen LogP contribution in [0.3, 0.4) is 0 Å². The van der Waals surface area contributed by atoms with Gasteiger partial charge in [-0.1, -0.05) is 138 Å². The maximum Gasteiger partial charge on any atom is 0.469 e. The molecule has 0 aromatic heterocycles. The Morgan fingerprint density at radius 3 is 1.88 bits per heavy atom. The molecule has 0 aliphatic heterocycles. The molecule has 10 heteroatoms. The second-order valence-electron chi connectivity index (χ2n) is 12.7. The molecule has 0 bridgehead atoms. The number of carbonyl (C=O) groups excluding carboxylic acids is 2. The summed E-state index contributed by atoms with van der Waals surface area (Å²) >= 11 is 0. The molecule has 0 saturated carbocycles. The van der Waals surface area contributed by atoms with Crippen LogP contribution in [-0.2, 0) is 28.2 Å². The number of aliphatic hydroxyl groups is 1. The third-order valence-corrected chi connectivity index (χ3v) is 8.27. The molecule has 0 radical (unpaired) electrons. The van der Waals surface area contributed by atoms with Crippen molar-refractivity contribution in [2.24, 2.45) is 0 Å². The summed E-state index contributed by atoms with van der Waals surface area (Å²) in [4.78, 5) is 42.7. The van der Waals surface area contributed by atoms with Crippen molar-refractivity contribution in [1.29, 1.82) is 0 Å². The van der Waals surface area contributed by atoms with Crippen molar-refractivity contribution in [3.05, 3.63) is 72.9 Å². The Hall–Kier alpha value is -2.55. The largest absolute Gasteiger partial charge is 0.469 e. The molecule has 2 atom stereocenters. The van der Waals surface area contributed by atoms with E-state index in [4.69, 9.17) is 19.3 Å². The lowest BCUT2D eigenvalue weighted by molar-refractivity contribution is -0.161. The monoisotopic (exact) mass is 736 g/mol. The molecular weight excluding hydrogens is 667 g/mol. The van der Waals surface area contributed by atoms with E-state index < -0.39 is 38.6 Å². The second-order valence-corrected chi connectivity index (χ2v) is 14.0. The molecule has 292 valence electrons. The van der Waals surface area contributed by atoms with Crippen molar-refractivity contribution in [2.45, 2.75) is 161 Å². The van der Waals surface area contributed by atoms with Gasteiger partial charge in [-0.25, -0.2) is 4.57 Å². The first kappa shape index (κ1) is 48.5. The van der Waals surface area contributed by atoms with Gasteiger partial charge in [-0.3, -0.25) is 14.1 Å².